The van der Waals surface area contributed by atoms with Gasteiger partial charge in [0.15, 0.2) is 0 Å². The maximum Gasteiger partial charge on any atom is 0.293 e. The van der Waals surface area contributed by atoms with Crippen molar-refractivity contribution in [3.05, 3.63) is 51.3 Å². The number of amides is 2. The average Bonchev–Trinajstić information content (AvgIpc) is 2.95. The molecule has 170 valence electrons. The maximum absolute atomic E-state index is 13.3. The van der Waals surface area contributed by atoms with Gasteiger partial charge in [-0.1, -0.05) is 23.6 Å². The van der Waals surface area contributed by atoms with Crippen molar-refractivity contribution in [3.8, 4) is 18.4 Å². The van der Waals surface area contributed by atoms with E-state index in [1.165, 1.54) is 24.6 Å². The van der Waals surface area contributed by atoms with E-state index in [4.69, 9.17) is 23.3 Å². The smallest absolute Gasteiger partial charge is 0.293 e. The summed E-state index contributed by atoms with van der Waals surface area (Å²) in [5, 5.41) is 13.7. The number of carbonyl (C=O) groups excluding carboxylic acids is 3. The number of Topliss-reactive ketones (excluding diaryl/α,β-unsaturated/α-hetero) is 1. The Labute approximate surface area is 193 Å². The van der Waals surface area contributed by atoms with Crippen molar-refractivity contribution in [2.45, 2.75) is 38.2 Å². The van der Waals surface area contributed by atoms with Gasteiger partial charge in [-0.2, -0.15) is 5.26 Å². The quantitative estimate of drug-likeness (QED) is 0.394. The second-order valence-corrected chi connectivity index (χ2v) is 8.37. The predicted molar refractivity (Wildman–Crippen MR) is 117 cm³/mol. The highest BCUT2D eigenvalue weighted by Gasteiger charge is 2.57. The summed E-state index contributed by atoms with van der Waals surface area (Å²) in [6.45, 7) is 3.23. The van der Waals surface area contributed by atoms with Gasteiger partial charge in [0, 0.05) is 31.3 Å². The van der Waals surface area contributed by atoms with Crippen LogP contribution < -0.4 is 10.6 Å². The Kier molecular flexibility index (Phi) is 6.06. The minimum atomic E-state index is -3.02. The van der Waals surface area contributed by atoms with Crippen LogP contribution in [0.25, 0.3) is 0 Å². The number of hydrogen-bond donors (Lipinski definition) is 2. The largest absolute Gasteiger partial charge is 0.342 e. The molecule has 7 nitrogen and oxygen atoms in total. The third-order valence-electron chi connectivity index (χ3n) is 5.64. The molecular weight excluding hydrogens is 454 g/mol. The lowest BCUT2D eigenvalue weighted by Gasteiger charge is -2.43. The Morgan fingerprint density at radius 1 is 1.24 bits per heavy atom. The van der Waals surface area contributed by atoms with Crippen molar-refractivity contribution < 1.29 is 23.2 Å². The molecule has 2 N–H and O–H groups in total. The van der Waals surface area contributed by atoms with Crippen molar-refractivity contribution in [2.75, 3.05) is 5.32 Å². The van der Waals surface area contributed by atoms with Gasteiger partial charge < -0.3 is 15.2 Å². The number of hydrogen-bond acceptors (Lipinski definition) is 4. The van der Waals surface area contributed by atoms with Crippen LogP contribution in [-0.2, 0) is 11.8 Å². The Morgan fingerprint density at radius 3 is 2.42 bits per heavy atom. The number of nitrogens with zero attached hydrogens (tertiary/aromatic N) is 2. The molecule has 0 spiro atoms. The fourth-order valence-electron chi connectivity index (χ4n) is 3.73. The van der Waals surface area contributed by atoms with E-state index in [-0.39, 0.29) is 22.0 Å². The number of carbonyl (C=O) groups is 3. The lowest BCUT2D eigenvalue weighted by molar-refractivity contribution is -0.133. The zero-order chi connectivity index (χ0) is 24.7. The number of aromatic nitrogens is 1. The van der Waals surface area contributed by atoms with Crippen LogP contribution in [0.3, 0.4) is 0 Å². The number of terminal acetylenes is 1. The number of rotatable bonds is 5. The van der Waals surface area contributed by atoms with Crippen molar-refractivity contribution in [1.29, 1.82) is 5.26 Å². The highest BCUT2D eigenvalue weighted by Crippen LogP contribution is 2.45. The summed E-state index contributed by atoms with van der Waals surface area (Å²) < 4.78 is 27.9. The SMILES string of the molecule is C#CC1(NC(=O)C(=O)c2c(Cl)c(C(=O)Nc3ccc(C)c(C#N)c3)n(C)c2C)CC(F)(F)C1. The van der Waals surface area contributed by atoms with Gasteiger partial charge >= 0.3 is 0 Å². The molecule has 0 atom stereocenters. The molecule has 0 radical (unpaired) electrons. The maximum atomic E-state index is 13.3. The predicted octanol–water partition coefficient (Wildman–Crippen LogP) is 3.52. The lowest BCUT2D eigenvalue weighted by Crippen LogP contribution is -2.62. The number of nitrogens with one attached hydrogen (secondary N) is 2. The first-order chi connectivity index (χ1) is 15.3. The first-order valence-corrected chi connectivity index (χ1v) is 10.1. The zero-order valence-corrected chi connectivity index (χ0v) is 18.7. The van der Waals surface area contributed by atoms with Crippen LogP contribution in [0.2, 0.25) is 5.02 Å². The van der Waals surface area contributed by atoms with Crippen molar-refractivity contribution in [1.82, 2.24) is 9.88 Å². The Bertz CT molecular complexity index is 1280. The molecule has 0 unspecified atom stereocenters. The normalized spacial score (nSPS) is 15.5. The minimum Gasteiger partial charge on any atom is -0.342 e. The van der Waals surface area contributed by atoms with E-state index in [1.54, 1.807) is 19.1 Å². The molecule has 1 saturated carbocycles. The molecule has 1 aromatic carbocycles. The van der Waals surface area contributed by atoms with Crippen molar-refractivity contribution in [2.24, 2.45) is 7.05 Å². The molecule has 1 fully saturated rings. The molecule has 2 aromatic rings. The molecule has 0 bridgehead atoms. The van der Waals surface area contributed by atoms with Crippen LogP contribution in [0.4, 0.5) is 14.5 Å². The standard InChI is InChI=1S/C23H19ClF2N4O3/c1-5-22(10-23(25,26)11-22)29-21(33)19(31)16-13(3)30(4)18(17(16)24)20(32)28-15-7-6-12(2)14(8-15)9-27/h1,6-8H,10-11H2,2-4H3,(H,28,32)(H,29,33). The topological polar surface area (TPSA) is 104 Å². The first kappa shape index (κ1) is 24.0. The van der Waals surface area contributed by atoms with Gasteiger partial charge in [0.25, 0.3) is 23.5 Å². The van der Waals surface area contributed by atoms with Crippen LogP contribution in [-0.4, -0.2) is 33.6 Å². The van der Waals surface area contributed by atoms with Gasteiger partial charge in [-0.3, -0.25) is 14.4 Å². The number of nitriles is 1. The molecule has 1 aliphatic carbocycles. The van der Waals surface area contributed by atoms with E-state index in [0.717, 1.165) is 5.56 Å². The Balaban J connectivity index is 1.87. The molecule has 0 aliphatic heterocycles. The van der Waals surface area contributed by atoms with E-state index < -0.39 is 41.9 Å². The molecular formula is C23H19ClF2N4O3. The van der Waals surface area contributed by atoms with Crippen molar-refractivity contribution >= 4 is 34.9 Å². The monoisotopic (exact) mass is 472 g/mol. The van der Waals surface area contributed by atoms with E-state index >= 15 is 0 Å². The average molecular weight is 473 g/mol. The number of halogens is 3. The summed E-state index contributed by atoms with van der Waals surface area (Å²) in [5.74, 6) is -3.85. The van der Waals surface area contributed by atoms with Crippen LogP contribution in [0.5, 0.6) is 0 Å². The Hall–Kier alpha value is -3.69. The summed E-state index contributed by atoms with van der Waals surface area (Å²) in [7, 11) is 1.48. The first-order valence-electron chi connectivity index (χ1n) is 9.74. The van der Waals surface area contributed by atoms with E-state index in [0.29, 0.717) is 11.3 Å². The molecule has 10 heteroatoms. The van der Waals surface area contributed by atoms with Gasteiger partial charge in [0.1, 0.15) is 11.2 Å². The van der Waals surface area contributed by atoms with E-state index in [9.17, 15) is 23.2 Å². The van der Waals surface area contributed by atoms with Crippen LogP contribution in [0.1, 0.15) is 50.5 Å². The van der Waals surface area contributed by atoms with Gasteiger partial charge in [-0.15, -0.1) is 6.42 Å². The highest BCUT2D eigenvalue weighted by atomic mass is 35.5. The summed E-state index contributed by atoms with van der Waals surface area (Å²) in [4.78, 5) is 38.2. The van der Waals surface area contributed by atoms with Gasteiger partial charge in [0.2, 0.25) is 0 Å². The van der Waals surface area contributed by atoms with E-state index in [2.05, 4.69) is 16.6 Å². The molecule has 33 heavy (non-hydrogen) atoms. The van der Waals surface area contributed by atoms with Crippen molar-refractivity contribution in [3.63, 3.8) is 0 Å². The number of ketones is 1. The number of alkyl halides is 2. The second kappa shape index (κ2) is 8.34. The second-order valence-electron chi connectivity index (χ2n) is 8.00. The molecule has 3 rings (SSSR count). The van der Waals surface area contributed by atoms with Crippen LogP contribution >= 0.6 is 11.6 Å². The van der Waals surface area contributed by atoms with Crippen LogP contribution in [0.15, 0.2) is 18.2 Å². The fourth-order valence-corrected chi connectivity index (χ4v) is 4.17. The third kappa shape index (κ3) is 4.33. The molecule has 1 heterocycles. The summed E-state index contributed by atoms with van der Waals surface area (Å²) in [5.41, 5.74) is -0.275. The highest BCUT2D eigenvalue weighted by molar-refractivity contribution is 6.48. The number of anilines is 1. The summed E-state index contributed by atoms with van der Waals surface area (Å²) in [6.07, 6.45) is 3.75. The molecule has 1 aliphatic rings. The zero-order valence-electron chi connectivity index (χ0n) is 18.0. The van der Waals surface area contributed by atoms with Crippen LogP contribution in [0, 0.1) is 37.5 Å². The number of aryl methyl sites for hydroxylation is 1. The molecule has 0 saturated heterocycles. The van der Waals surface area contributed by atoms with Gasteiger partial charge in [-0.05, 0) is 31.5 Å². The minimum absolute atomic E-state index is 0.0914. The van der Waals surface area contributed by atoms with Gasteiger partial charge in [0.05, 0.1) is 22.2 Å². The molecule has 2 amide bonds. The third-order valence-corrected chi connectivity index (χ3v) is 6.01. The molecule has 1 aromatic heterocycles. The summed E-state index contributed by atoms with van der Waals surface area (Å²) in [6, 6.07) is 6.77. The van der Waals surface area contributed by atoms with Gasteiger partial charge in [-0.25, -0.2) is 8.78 Å². The lowest BCUT2D eigenvalue weighted by atomic mass is 9.74. The van der Waals surface area contributed by atoms with E-state index in [1.807, 2.05) is 6.07 Å². The fraction of sp³-hybridized carbons (Fsp3) is 0.304. The Morgan fingerprint density at radius 2 is 1.88 bits per heavy atom. The number of benzene rings is 1. The summed E-state index contributed by atoms with van der Waals surface area (Å²) >= 11 is 6.32.